The first-order valence-corrected chi connectivity index (χ1v) is 11.7. The van der Waals surface area contributed by atoms with Gasteiger partial charge in [-0.2, -0.15) is 5.06 Å². The van der Waals surface area contributed by atoms with Gasteiger partial charge >= 0.3 is 0 Å². The number of fused-ring (bicyclic) bond motifs is 2. The third kappa shape index (κ3) is 2.60. The van der Waals surface area contributed by atoms with E-state index in [0.717, 1.165) is 19.5 Å². The summed E-state index contributed by atoms with van der Waals surface area (Å²) in [6.45, 7) is 14.3. The summed E-state index contributed by atoms with van der Waals surface area (Å²) in [7, 11) is 0. The molecule has 170 valence electrons. The standard InChI is InChI=1S/C24H35N3O4/c1-6-13-31-27-22(2,3)18-19(23(27,4)5)24(18,25-11-14-30-15-12-25)26-20(28)16-9-7-8-10-17(16)21(26)29/h7-9,17-19H,6,10-15H2,1-5H3. The Labute approximate surface area is 185 Å². The van der Waals surface area contributed by atoms with Crippen LogP contribution in [-0.4, -0.2) is 76.3 Å². The topological polar surface area (TPSA) is 62.3 Å². The predicted octanol–water partition coefficient (Wildman–Crippen LogP) is 2.35. The second kappa shape index (κ2) is 6.98. The maximum absolute atomic E-state index is 13.7. The van der Waals surface area contributed by atoms with Crippen LogP contribution in [0.4, 0.5) is 0 Å². The van der Waals surface area contributed by atoms with Gasteiger partial charge in [0.25, 0.3) is 5.91 Å². The highest BCUT2D eigenvalue weighted by atomic mass is 16.7. The van der Waals surface area contributed by atoms with Crippen LogP contribution in [0, 0.1) is 17.8 Å². The number of ether oxygens (including phenoxy) is 1. The van der Waals surface area contributed by atoms with Gasteiger partial charge in [0.05, 0.1) is 25.7 Å². The van der Waals surface area contributed by atoms with Gasteiger partial charge in [-0.25, -0.2) is 0 Å². The van der Waals surface area contributed by atoms with Crippen molar-refractivity contribution < 1.29 is 19.2 Å². The Morgan fingerprint density at radius 2 is 1.74 bits per heavy atom. The molecule has 7 heteroatoms. The van der Waals surface area contributed by atoms with E-state index in [1.165, 1.54) is 0 Å². The largest absolute Gasteiger partial charge is 0.379 e. The summed E-state index contributed by atoms with van der Waals surface area (Å²) in [6.07, 6.45) is 7.29. The minimum Gasteiger partial charge on any atom is -0.379 e. The highest BCUT2D eigenvalue weighted by Gasteiger charge is 2.87. The second-order valence-electron chi connectivity index (χ2n) is 10.6. The Balaban J connectivity index is 1.60. The number of hydrogen-bond donors (Lipinski definition) is 0. The molecule has 5 rings (SSSR count). The van der Waals surface area contributed by atoms with Crippen molar-refractivity contribution in [2.75, 3.05) is 32.9 Å². The summed E-state index contributed by atoms with van der Waals surface area (Å²) < 4.78 is 5.65. The van der Waals surface area contributed by atoms with Crippen molar-refractivity contribution in [1.29, 1.82) is 0 Å². The van der Waals surface area contributed by atoms with E-state index in [1.54, 1.807) is 4.90 Å². The van der Waals surface area contributed by atoms with Crippen molar-refractivity contribution in [2.45, 2.75) is 64.2 Å². The molecular weight excluding hydrogens is 394 g/mol. The van der Waals surface area contributed by atoms with E-state index in [1.807, 2.05) is 18.2 Å². The molecule has 3 saturated heterocycles. The molecule has 31 heavy (non-hydrogen) atoms. The van der Waals surface area contributed by atoms with Crippen molar-refractivity contribution in [3.63, 3.8) is 0 Å². The number of hydroxylamine groups is 2. The smallest absolute Gasteiger partial charge is 0.258 e. The molecule has 0 aromatic rings. The van der Waals surface area contributed by atoms with Gasteiger partial charge in [0.15, 0.2) is 0 Å². The van der Waals surface area contributed by atoms with Gasteiger partial charge in [-0.15, -0.1) is 0 Å². The number of piperidine rings is 1. The van der Waals surface area contributed by atoms with Gasteiger partial charge < -0.3 is 4.74 Å². The minimum absolute atomic E-state index is 0.0332. The number of amides is 2. The van der Waals surface area contributed by atoms with Crippen LogP contribution < -0.4 is 0 Å². The van der Waals surface area contributed by atoms with Gasteiger partial charge in [0.2, 0.25) is 5.91 Å². The van der Waals surface area contributed by atoms with Crippen LogP contribution in [0.25, 0.3) is 0 Å². The Kier molecular flexibility index (Phi) is 4.80. The van der Waals surface area contributed by atoms with E-state index < -0.39 is 5.66 Å². The fraction of sp³-hybridized carbons (Fsp3) is 0.750. The summed E-state index contributed by atoms with van der Waals surface area (Å²) in [4.78, 5) is 37.7. The Morgan fingerprint density at radius 1 is 1.10 bits per heavy atom. The Bertz CT molecular complexity index is 833. The lowest BCUT2D eigenvalue weighted by Gasteiger charge is -2.51. The molecule has 0 N–H and O–H groups in total. The summed E-state index contributed by atoms with van der Waals surface area (Å²) in [5.74, 6) is -0.240. The molecule has 0 bridgehead atoms. The van der Waals surface area contributed by atoms with Gasteiger partial charge in [-0.05, 0) is 40.5 Å². The first-order valence-electron chi connectivity index (χ1n) is 11.7. The average molecular weight is 430 g/mol. The maximum Gasteiger partial charge on any atom is 0.258 e. The number of likely N-dealkylation sites (tertiary alicyclic amines) is 1. The van der Waals surface area contributed by atoms with Crippen LogP contribution >= 0.6 is 0 Å². The zero-order valence-electron chi connectivity index (χ0n) is 19.4. The molecule has 3 unspecified atom stereocenters. The maximum atomic E-state index is 13.7. The summed E-state index contributed by atoms with van der Waals surface area (Å²) in [6, 6.07) is 0. The number of nitrogens with zero attached hydrogens (tertiary/aromatic N) is 3. The van der Waals surface area contributed by atoms with Gasteiger partial charge in [-0.3, -0.25) is 24.2 Å². The van der Waals surface area contributed by atoms with Crippen molar-refractivity contribution in [3.8, 4) is 0 Å². The number of allylic oxidation sites excluding steroid dienone is 3. The predicted molar refractivity (Wildman–Crippen MR) is 116 cm³/mol. The lowest BCUT2D eigenvalue weighted by Crippen LogP contribution is -2.67. The van der Waals surface area contributed by atoms with Gasteiger partial charge in [-0.1, -0.05) is 25.2 Å². The third-order valence-corrected chi connectivity index (χ3v) is 8.14. The van der Waals surface area contributed by atoms with Crippen molar-refractivity contribution in [3.05, 3.63) is 23.8 Å². The van der Waals surface area contributed by atoms with E-state index in [2.05, 4.69) is 44.6 Å². The van der Waals surface area contributed by atoms with Crippen molar-refractivity contribution in [1.82, 2.24) is 14.9 Å². The van der Waals surface area contributed by atoms with Crippen molar-refractivity contribution >= 4 is 11.8 Å². The van der Waals surface area contributed by atoms with E-state index in [-0.39, 0.29) is 40.6 Å². The van der Waals surface area contributed by atoms with E-state index in [9.17, 15) is 9.59 Å². The molecule has 3 atom stereocenters. The van der Waals surface area contributed by atoms with Crippen LogP contribution in [0.1, 0.15) is 47.5 Å². The third-order valence-electron chi connectivity index (χ3n) is 8.14. The lowest BCUT2D eigenvalue weighted by molar-refractivity contribution is -0.267. The first-order chi connectivity index (χ1) is 14.7. The summed E-state index contributed by atoms with van der Waals surface area (Å²) in [5.41, 5.74) is -0.597. The molecule has 0 aromatic carbocycles. The number of carbonyl (C=O) groups is 2. The summed E-state index contributed by atoms with van der Waals surface area (Å²) in [5, 5.41) is 2.15. The highest BCUT2D eigenvalue weighted by molar-refractivity contribution is 6.16. The van der Waals surface area contributed by atoms with Crippen molar-refractivity contribution in [2.24, 2.45) is 17.8 Å². The number of rotatable bonds is 5. The number of carbonyl (C=O) groups excluding carboxylic acids is 2. The minimum atomic E-state index is -0.616. The zero-order chi connectivity index (χ0) is 22.2. The SMILES string of the molecule is CCCON1C(C)(C)C2C(C1(C)C)C2(N1CCOCC1)N1C(=O)C2=CC=CCC2C1=O. The highest BCUT2D eigenvalue weighted by Crippen LogP contribution is 2.73. The molecule has 4 fully saturated rings. The normalized spacial score (nSPS) is 38.9. The lowest BCUT2D eigenvalue weighted by atomic mass is 9.92. The molecule has 0 spiro atoms. The van der Waals surface area contributed by atoms with Crippen LogP contribution in [0.3, 0.4) is 0 Å². The fourth-order valence-electron chi connectivity index (χ4n) is 7.27. The van der Waals surface area contributed by atoms with E-state index in [0.29, 0.717) is 31.8 Å². The number of hydrogen-bond acceptors (Lipinski definition) is 6. The summed E-state index contributed by atoms with van der Waals surface area (Å²) >= 11 is 0. The van der Waals surface area contributed by atoms with E-state index in [4.69, 9.17) is 9.57 Å². The molecule has 3 aliphatic heterocycles. The average Bonchev–Trinajstić information content (AvgIpc) is 3.36. The van der Waals surface area contributed by atoms with Crippen LogP contribution in [0.15, 0.2) is 23.8 Å². The molecular formula is C24H35N3O4. The van der Waals surface area contributed by atoms with Crippen LogP contribution in [-0.2, 0) is 19.2 Å². The van der Waals surface area contributed by atoms with Crippen LogP contribution in [0.5, 0.6) is 0 Å². The molecule has 3 heterocycles. The quantitative estimate of drug-likeness (QED) is 0.625. The molecule has 2 aliphatic carbocycles. The fourth-order valence-corrected chi connectivity index (χ4v) is 7.27. The molecule has 1 saturated carbocycles. The molecule has 0 radical (unpaired) electrons. The zero-order valence-corrected chi connectivity index (χ0v) is 19.4. The molecule has 0 aromatic heterocycles. The first kappa shape index (κ1) is 21.3. The number of imide groups is 1. The monoisotopic (exact) mass is 429 g/mol. The van der Waals surface area contributed by atoms with Crippen LogP contribution in [0.2, 0.25) is 0 Å². The Hall–Kier alpha value is -1.54. The molecule has 7 nitrogen and oxygen atoms in total. The Morgan fingerprint density at radius 3 is 2.32 bits per heavy atom. The number of morpholine rings is 1. The van der Waals surface area contributed by atoms with Gasteiger partial charge in [0, 0.05) is 41.6 Å². The van der Waals surface area contributed by atoms with E-state index >= 15 is 0 Å². The second-order valence-corrected chi connectivity index (χ2v) is 10.6. The molecule has 5 aliphatic rings. The van der Waals surface area contributed by atoms with Gasteiger partial charge in [0.1, 0.15) is 5.66 Å². The molecule has 2 amide bonds.